The fourth-order valence-corrected chi connectivity index (χ4v) is 0.662. The Morgan fingerprint density at radius 1 is 1.06 bits per heavy atom. The summed E-state index contributed by atoms with van der Waals surface area (Å²) >= 11 is 0. The maximum atomic E-state index is 12.5. The van der Waals surface area contributed by atoms with Crippen LogP contribution in [0.15, 0.2) is 12.2 Å². The van der Waals surface area contributed by atoms with Crippen LogP contribution in [0.5, 0.6) is 0 Å². The normalized spacial score (nSPS) is 13.7. The van der Waals surface area contributed by atoms with Crippen LogP contribution in [0.25, 0.3) is 0 Å². The number of hydrogen-bond acceptors (Lipinski definition) is 1. The SMILES string of the molecule is C=C(CC(F)(F)C(F)(F)C(F)(F)F)C(=O)O. The summed E-state index contributed by atoms with van der Waals surface area (Å²) in [4.78, 5) is 9.99. The number of carbonyl (C=O) groups is 1. The molecule has 0 rings (SSSR count). The smallest absolute Gasteiger partial charge is 0.459 e. The molecule has 0 saturated heterocycles. The second-order valence-electron chi connectivity index (χ2n) is 2.86. The highest BCUT2D eigenvalue weighted by Gasteiger charge is 2.72. The van der Waals surface area contributed by atoms with E-state index in [-0.39, 0.29) is 0 Å². The Morgan fingerprint density at radius 2 is 1.44 bits per heavy atom. The third kappa shape index (κ3) is 2.64. The molecule has 0 radical (unpaired) electrons. The van der Waals surface area contributed by atoms with Crippen LogP contribution < -0.4 is 0 Å². The number of aliphatic carboxylic acids is 1. The van der Waals surface area contributed by atoms with Gasteiger partial charge in [-0.1, -0.05) is 6.58 Å². The van der Waals surface area contributed by atoms with Crippen LogP contribution in [-0.2, 0) is 4.79 Å². The van der Waals surface area contributed by atoms with Gasteiger partial charge in [0.1, 0.15) is 0 Å². The molecule has 0 saturated carbocycles. The summed E-state index contributed by atoms with van der Waals surface area (Å²) in [6.45, 7) is 2.45. The van der Waals surface area contributed by atoms with Gasteiger partial charge in [0.05, 0.1) is 0 Å². The van der Waals surface area contributed by atoms with E-state index >= 15 is 0 Å². The van der Waals surface area contributed by atoms with E-state index in [9.17, 15) is 35.5 Å². The first-order valence-corrected chi connectivity index (χ1v) is 3.56. The summed E-state index contributed by atoms with van der Waals surface area (Å²) in [5, 5.41) is 8.05. The van der Waals surface area contributed by atoms with Gasteiger partial charge in [0.25, 0.3) is 0 Å². The van der Waals surface area contributed by atoms with E-state index < -0.39 is 36.0 Å². The molecule has 0 amide bonds. The zero-order valence-electron chi connectivity index (χ0n) is 7.42. The highest BCUT2D eigenvalue weighted by atomic mass is 19.4. The highest BCUT2D eigenvalue weighted by Crippen LogP contribution is 2.48. The Hall–Kier alpha value is -1.28. The fraction of sp³-hybridized carbons (Fsp3) is 0.571. The van der Waals surface area contributed by atoms with E-state index in [1.54, 1.807) is 0 Å². The molecule has 0 aromatic carbocycles. The number of alkyl halides is 7. The van der Waals surface area contributed by atoms with Crippen molar-refractivity contribution in [3.8, 4) is 0 Å². The van der Waals surface area contributed by atoms with Crippen molar-refractivity contribution in [3.05, 3.63) is 12.2 Å². The van der Waals surface area contributed by atoms with Crippen molar-refractivity contribution in [2.24, 2.45) is 0 Å². The lowest BCUT2D eigenvalue weighted by Gasteiger charge is -2.28. The Kier molecular flexibility index (Phi) is 3.63. The fourth-order valence-electron chi connectivity index (χ4n) is 0.662. The van der Waals surface area contributed by atoms with Crippen LogP contribution >= 0.6 is 0 Å². The molecule has 0 atom stereocenters. The van der Waals surface area contributed by atoms with E-state index in [1.807, 2.05) is 0 Å². The van der Waals surface area contributed by atoms with Gasteiger partial charge in [0.15, 0.2) is 0 Å². The molecule has 0 fully saturated rings. The zero-order chi connectivity index (χ0) is 13.4. The lowest BCUT2D eigenvalue weighted by molar-refractivity contribution is -0.353. The number of carboxylic acid groups (broad SMARTS) is 1. The van der Waals surface area contributed by atoms with Crippen molar-refractivity contribution < 1.29 is 40.6 Å². The van der Waals surface area contributed by atoms with Gasteiger partial charge in [0.2, 0.25) is 0 Å². The summed E-state index contributed by atoms with van der Waals surface area (Å²) in [7, 11) is 0. The predicted octanol–water partition coefficient (Wildman–Crippen LogP) is 2.85. The summed E-state index contributed by atoms with van der Waals surface area (Å²) in [6, 6.07) is 0. The quantitative estimate of drug-likeness (QED) is 0.618. The maximum Gasteiger partial charge on any atom is 0.459 e. The van der Waals surface area contributed by atoms with Crippen molar-refractivity contribution >= 4 is 5.97 Å². The van der Waals surface area contributed by atoms with Crippen LogP contribution in [0.4, 0.5) is 30.7 Å². The molecule has 2 nitrogen and oxygen atoms in total. The molecule has 1 N–H and O–H groups in total. The summed E-state index contributed by atoms with van der Waals surface area (Å²) in [5.41, 5.74) is -1.44. The number of halogens is 7. The van der Waals surface area contributed by atoms with Crippen molar-refractivity contribution in [3.63, 3.8) is 0 Å². The van der Waals surface area contributed by atoms with Crippen LogP contribution in [0, 0.1) is 0 Å². The van der Waals surface area contributed by atoms with Crippen molar-refractivity contribution in [1.29, 1.82) is 0 Å². The minimum absolute atomic E-state index is 1.44. The van der Waals surface area contributed by atoms with Gasteiger partial charge >= 0.3 is 24.0 Å². The molecular formula is C7H5F7O2. The summed E-state index contributed by atoms with van der Waals surface area (Å²) in [6.07, 6.45) is -8.75. The van der Waals surface area contributed by atoms with E-state index in [1.165, 1.54) is 0 Å². The van der Waals surface area contributed by atoms with Crippen molar-refractivity contribution in [1.82, 2.24) is 0 Å². The first-order chi connectivity index (χ1) is 6.83. The minimum atomic E-state index is -6.46. The molecule has 0 spiro atoms. The molecule has 0 aliphatic heterocycles. The van der Waals surface area contributed by atoms with Gasteiger partial charge in [-0.3, -0.25) is 0 Å². The Morgan fingerprint density at radius 3 is 1.69 bits per heavy atom. The van der Waals surface area contributed by atoms with Crippen LogP contribution in [-0.4, -0.2) is 29.1 Å². The van der Waals surface area contributed by atoms with Gasteiger partial charge in [0, 0.05) is 12.0 Å². The minimum Gasteiger partial charge on any atom is -0.478 e. The molecule has 0 aliphatic rings. The third-order valence-electron chi connectivity index (χ3n) is 1.55. The molecule has 0 aromatic rings. The average molecular weight is 254 g/mol. The summed E-state index contributed by atoms with van der Waals surface area (Å²) < 4.78 is 84.2. The topological polar surface area (TPSA) is 37.3 Å². The van der Waals surface area contributed by atoms with Crippen LogP contribution in [0.3, 0.4) is 0 Å². The van der Waals surface area contributed by atoms with E-state index in [4.69, 9.17) is 5.11 Å². The summed E-state index contributed by atoms with van der Waals surface area (Å²) in [5.74, 6) is -13.9. The first kappa shape index (κ1) is 14.7. The zero-order valence-corrected chi connectivity index (χ0v) is 7.42. The van der Waals surface area contributed by atoms with E-state index in [0.717, 1.165) is 0 Å². The largest absolute Gasteiger partial charge is 0.478 e. The first-order valence-electron chi connectivity index (χ1n) is 3.56. The number of rotatable bonds is 4. The van der Waals surface area contributed by atoms with Crippen LogP contribution in [0.1, 0.15) is 6.42 Å². The third-order valence-corrected chi connectivity index (χ3v) is 1.55. The molecule has 0 heterocycles. The molecule has 0 aliphatic carbocycles. The monoisotopic (exact) mass is 254 g/mol. The van der Waals surface area contributed by atoms with E-state index in [2.05, 4.69) is 6.58 Å². The van der Waals surface area contributed by atoms with Gasteiger partial charge in [-0.05, 0) is 0 Å². The Labute approximate surface area is 84.4 Å². The Balaban J connectivity index is 5.06. The van der Waals surface area contributed by atoms with Gasteiger partial charge in [-0.2, -0.15) is 30.7 Å². The van der Waals surface area contributed by atoms with Crippen LogP contribution in [0.2, 0.25) is 0 Å². The highest BCUT2D eigenvalue weighted by molar-refractivity contribution is 5.85. The predicted molar refractivity (Wildman–Crippen MR) is 37.3 cm³/mol. The van der Waals surface area contributed by atoms with E-state index in [0.29, 0.717) is 0 Å². The molecule has 16 heavy (non-hydrogen) atoms. The van der Waals surface area contributed by atoms with Gasteiger partial charge < -0.3 is 5.11 Å². The molecule has 94 valence electrons. The second kappa shape index (κ2) is 3.95. The lowest BCUT2D eigenvalue weighted by atomic mass is 10.0. The lowest BCUT2D eigenvalue weighted by Crippen LogP contribution is -2.52. The van der Waals surface area contributed by atoms with Gasteiger partial charge in [-0.15, -0.1) is 0 Å². The average Bonchev–Trinajstić information content (AvgIpc) is 2.00. The number of hydrogen-bond donors (Lipinski definition) is 1. The van der Waals surface area contributed by atoms with Crippen molar-refractivity contribution in [2.75, 3.05) is 0 Å². The molecule has 0 aromatic heterocycles. The number of carboxylic acids is 1. The maximum absolute atomic E-state index is 12.5. The standard InChI is InChI=1S/C7H5F7O2/c1-3(4(15)16)2-5(8,9)6(10,11)7(12,13)14/h1-2H2,(H,15,16). The van der Waals surface area contributed by atoms with Gasteiger partial charge in [-0.25, -0.2) is 4.79 Å². The molecule has 0 bridgehead atoms. The second-order valence-corrected chi connectivity index (χ2v) is 2.86. The van der Waals surface area contributed by atoms with Crippen molar-refractivity contribution in [2.45, 2.75) is 24.4 Å². The Bertz CT molecular complexity index is 304. The molecular weight excluding hydrogens is 249 g/mol. The molecule has 9 heteroatoms. The molecule has 0 unspecified atom stereocenters.